The average molecular weight is 881 g/mol. The second kappa shape index (κ2) is 21.3. The van der Waals surface area contributed by atoms with Crippen molar-refractivity contribution in [2.45, 2.75) is 192 Å². The lowest BCUT2D eigenvalue weighted by Crippen LogP contribution is -2.62. The zero-order valence-electron chi connectivity index (χ0n) is 37.6. The SMILES string of the molecule is CCCC(=O)OC1CC2CC(O)CC(=O)OC(C(C)O)CC3C/C(=C\C(=O)OC)C(OC(=O)CCC)C(O)(O3)C(C)(C)/C=C/C3C/C(=C\C(=O)OC)CC(CC(O)(O2)C1(C)C)O3. The van der Waals surface area contributed by atoms with E-state index in [0.717, 1.165) is 6.08 Å². The molecule has 0 aromatic carbocycles. The number of cyclic esters (lactones) is 1. The number of fused-ring (bicyclic) bond motifs is 6. The maximum atomic E-state index is 13.4. The summed E-state index contributed by atoms with van der Waals surface area (Å²) >= 11 is 0. The third kappa shape index (κ3) is 12.5. The van der Waals surface area contributed by atoms with Gasteiger partial charge in [-0.2, -0.15) is 0 Å². The Morgan fingerprint density at radius 3 is 2.08 bits per heavy atom. The van der Waals surface area contributed by atoms with E-state index in [4.69, 9.17) is 37.9 Å². The van der Waals surface area contributed by atoms with Crippen LogP contribution in [0.2, 0.25) is 0 Å². The summed E-state index contributed by atoms with van der Waals surface area (Å²) in [6.07, 6.45) is -3.83. The lowest BCUT2D eigenvalue weighted by molar-refractivity contribution is -0.348. The van der Waals surface area contributed by atoms with E-state index in [0.29, 0.717) is 18.4 Å². The third-order valence-corrected chi connectivity index (χ3v) is 12.3. The molecule has 11 atom stereocenters. The van der Waals surface area contributed by atoms with Gasteiger partial charge in [0.25, 0.3) is 0 Å². The first-order valence-electron chi connectivity index (χ1n) is 21.6. The first-order chi connectivity index (χ1) is 29.0. The highest BCUT2D eigenvalue weighted by atomic mass is 16.7. The predicted octanol–water partition coefficient (Wildman–Crippen LogP) is 3.95. The molecule has 4 aliphatic heterocycles. The van der Waals surface area contributed by atoms with Crippen LogP contribution in [0.1, 0.15) is 126 Å². The molecule has 3 saturated heterocycles. The van der Waals surface area contributed by atoms with Crippen LogP contribution in [0.5, 0.6) is 0 Å². The highest BCUT2D eigenvalue weighted by Gasteiger charge is 2.59. The quantitative estimate of drug-likeness (QED) is 0.111. The second-order valence-electron chi connectivity index (χ2n) is 18.1. The van der Waals surface area contributed by atoms with E-state index in [1.54, 1.807) is 46.8 Å². The van der Waals surface area contributed by atoms with Gasteiger partial charge in [0, 0.05) is 56.1 Å². The highest BCUT2D eigenvalue weighted by molar-refractivity contribution is 5.83. The molecule has 0 saturated carbocycles. The summed E-state index contributed by atoms with van der Waals surface area (Å²) in [5.41, 5.74) is -1.95. The fourth-order valence-corrected chi connectivity index (χ4v) is 8.56. The minimum Gasteiger partial charge on any atom is -0.466 e. The molecular weight excluding hydrogens is 812 g/mol. The summed E-state index contributed by atoms with van der Waals surface area (Å²) in [7, 11) is 2.42. The fraction of sp³-hybridized carbons (Fsp3) is 0.756. The number of hydrogen-bond acceptors (Lipinski definition) is 17. The number of aliphatic hydroxyl groups is 4. The van der Waals surface area contributed by atoms with Crippen LogP contribution in [0.3, 0.4) is 0 Å². The normalized spacial score (nSPS) is 36.3. The van der Waals surface area contributed by atoms with Gasteiger partial charge in [0.1, 0.15) is 12.2 Å². The number of esters is 5. The molecule has 0 aromatic heterocycles. The van der Waals surface area contributed by atoms with E-state index < -0.39 is 114 Å². The van der Waals surface area contributed by atoms with Crippen molar-refractivity contribution in [3.8, 4) is 0 Å². The Hall–Kier alpha value is -3.71. The molecule has 4 N–H and O–H groups in total. The largest absolute Gasteiger partial charge is 0.466 e. The van der Waals surface area contributed by atoms with Crippen molar-refractivity contribution < 1.29 is 82.3 Å². The third-order valence-electron chi connectivity index (χ3n) is 12.3. The maximum Gasteiger partial charge on any atom is 0.330 e. The molecule has 3 fully saturated rings. The summed E-state index contributed by atoms with van der Waals surface area (Å²) in [4.78, 5) is 64.8. The van der Waals surface area contributed by atoms with Crippen LogP contribution in [0.4, 0.5) is 0 Å². The maximum absolute atomic E-state index is 13.4. The second-order valence-corrected chi connectivity index (χ2v) is 18.1. The Balaban J connectivity index is 1.89. The van der Waals surface area contributed by atoms with Gasteiger partial charge in [-0.3, -0.25) is 14.4 Å². The Labute approximate surface area is 364 Å². The zero-order valence-corrected chi connectivity index (χ0v) is 37.6. The summed E-state index contributed by atoms with van der Waals surface area (Å²) < 4.78 is 46.9. The molecule has 0 radical (unpaired) electrons. The van der Waals surface area contributed by atoms with Gasteiger partial charge in [-0.05, 0) is 44.6 Å². The van der Waals surface area contributed by atoms with Gasteiger partial charge in [-0.25, -0.2) is 9.59 Å². The molecule has 6 bridgehead atoms. The summed E-state index contributed by atoms with van der Waals surface area (Å²) in [5, 5.41) is 47.5. The molecule has 4 rings (SSSR count). The van der Waals surface area contributed by atoms with Crippen molar-refractivity contribution in [3.05, 3.63) is 35.5 Å². The molecule has 17 nitrogen and oxygen atoms in total. The number of ether oxygens (including phenoxy) is 8. The number of carbonyl (C=O) groups excluding carboxylic acids is 5. The molecule has 0 aliphatic carbocycles. The van der Waals surface area contributed by atoms with Gasteiger partial charge in [0.05, 0.1) is 62.7 Å². The van der Waals surface area contributed by atoms with Gasteiger partial charge >= 0.3 is 29.8 Å². The number of carbonyl (C=O) groups is 5. The van der Waals surface area contributed by atoms with E-state index >= 15 is 0 Å². The van der Waals surface area contributed by atoms with E-state index in [1.807, 2.05) is 6.92 Å². The topological polar surface area (TPSA) is 240 Å². The summed E-state index contributed by atoms with van der Waals surface area (Å²) in [5.74, 6) is -7.88. The van der Waals surface area contributed by atoms with E-state index in [1.165, 1.54) is 27.2 Å². The molecule has 0 aromatic rings. The minimum absolute atomic E-state index is 0.00811. The van der Waals surface area contributed by atoms with Gasteiger partial charge in [-0.1, -0.05) is 59.3 Å². The van der Waals surface area contributed by atoms with Crippen LogP contribution >= 0.6 is 0 Å². The van der Waals surface area contributed by atoms with Crippen LogP contribution in [-0.2, 0) is 61.9 Å². The number of rotatable bonds is 9. The number of hydrogen-bond donors (Lipinski definition) is 4. The van der Waals surface area contributed by atoms with Gasteiger partial charge < -0.3 is 58.3 Å². The first-order valence-corrected chi connectivity index (χ1v) is 21.6. The molecule has 4 aliphatic rings. The molecular formula is C45H68O17. The van der Waals surface area contributed by atoms with Crippen LogP contribution < -0.4 is 0 Å². The van der Waals surface area contributed by atoms with Crippen LogP contribution in [0, 0.1) is 10.8 Å². The monoisotopic (exact) mass is 880 g/mol. The lowest BCUT2D eigenvalue weighted by atomic mass is 9.70. The van der Waals surface area contributed by atoms with Crippen LogP contribution in [-0.4, -0.2) is 131 Å². The summed E-state index contributed by atoms with van der Waals surface area (Å²) in [6.45, 7) is 11.7. The number of methoxy groups -OCH3 is 2. The lowest BCUT2D eigenvalue weighted by Gasteiger charge is -2.53. The Bertz CT molecular complexity index is 1700. The summed E-state index contributed by atoms with van der Waals surface area (Å²) in [6, 6.07) is 0. The predicted molar refractivity (Wildman–Crippen MR) is 219 cm³/mol. The smallest absolute Gasteiger partial charge is 0.330 e. The minimum atomic E-state index is -2.41. The van der Waals surface area contributed by atoms with E-state index in [9.17, 15) is 44.4 Å². The molecule has 0 spiro atoms. The van der Waals surface area contributed by atoms with Crippen molar-refractivity contribution in [1.29, 1.82) is 0 Å². The zero-order chi connectivity index (χ0) is 46.2. The number of aliphatic hydroxyl groups excluding tert-OH is 2. The molecule has 17 heteroatoms. The standard InChI is InChI=1S/C45H68O17/c1-10-12-36(48)59-35-24-32-21-29(47)22-40(52)58-34(26(3)46)23-31-19-28(20-39(51)56-9)41(60-37(49)13-11-2)45(54,62-31)42(4,5)15-14-30-16-27(18-38(50)55-8)17-33(57-30)25-44(53,61-32)43(35,6)7/h14-15,18,20,26,29-35,41,46-47,53-54H,10-13,16-17,19,21-25H2,1-9H3/b15-14+,27-18+,28-20+. The highest BCUT2D eigenvalue weighted by Crippen LogP contribution is 2.50. The van der Waals surface area contributed by atoms with E-state index in [-0.39, 0.29) is 63.4 Å². The Kier molecular flexibility index (Phi) is 17.5. The molecule has 350 valence electrons. The average Bonchev–Trinajstić information content (AvgIpc) is 3.16. The van der Waals surface area contributed by atoms with Gasteiger partial charge in [0.2, 0.25) is 5.79 Å². The fourth-order valence-electron chi connectivity index (χ4n) is 8.56. The van der Waals surface area contributed by atoms with Gasteiger partial charge in [-0.15, -0.1) is 0 Å². The molecule has 11 unspecified atom stereocenters. The van der Waals surface area contributed by atoms with Crippen molar-refractivity contribution in [1.82, 2.24) is 0 Å². The van der Waals surface area contributed by atoms with E-state index in [2.05, 4.69) is 0 Å². The first kappa shape index (κ1) is 50.9. The Morgan fingerprint density at radius 1 is 0.839 bits per heavy atom. The van der Waals surface area contributed by atoms with Crippen molar-refractivity contribution in [3.63, 3.8) is 0 Å². The molecule has 0 amide bonds. The van der Waals surface area contributed by atoms with Crippen molar-refractivity contribution in [2.75, 3.05) is 14.2 Å². The van der Waals surface area contributed by atoms with Gasteiger partial charge in [0.15, 0.2) is 11.9 Å². The van der Waals surface area contributed by atoms with Crippen LogP contribution in [0.25, 0.3) is 0 Å². The Morgan fingerprint density at radius 2 is 1.47 bits per heavy atom. The van der Waals surface area contributed by atoms with Crippen molar-refractivity contribution >= 4 is 29.8 Å². The molecule has 62 heavy (non-hydrogen) atoms. The van der Waals surface area contributed by atoms with Crippen molar-refractivity contribution in [2.24, 2.45) is 10.8 Å². The molecule has 4 heterocycles. The van der Waals surface area contributed by atoms with Crippen LogP contribution in [0.15, 0.2) is 35.5 Å².